The number of ether oxygens (including phenoxy) is 1. The number of nitrogens with zero attached hydrogens (tertiary/aromatic N) is 4. The number of rotatable bonds is 5. The van der Waals surface area contributed by atoms with E-state index in [1.54, 1.807) is 0 Å². The molecule has 9 heteroatoms. The summed E-state index contributed by atoms with van der Waals surface area (Å²) in [7, 11) is 0. The Morgan fingerprint density at radius 2 is 1.97 bits per heavy atom. The Labute approximate surface area is 188 Å². The van der Waals surface area contributed by atoms with E-state index in [1.165, 1.54) is 0 Å². The number of aromatic nitrogens is 2. The molecule has 9 nitrogen and oxygen atoms in total. The minimum Gasteiger partial charge on any atom is -0.377 e. The number of anilines is 2. The number of morpholine rings is 1. The van der Waals surface area contributed by atoms with Crippen molar-refractivity contribution in [3.8, 4) is 11.4 Å². The minimum absolute atomic E-state index is 0.0471. The largest absolute Gasteiger partial charge is 0.377 e. The number of hydrogen-bond donors (Lipinski definition) is 2. The predicted molar refractivity (Wildman–Crippen MR) is 123 cm³/mol. The van der Waals surface area contributed by atoms with E-state index >= 15 is 0 Å². The van der Waals surface area contributed by atoms with Crippen molar-refractivity contribution in [1.82, 2.24) is 20.2 Å². The number of fused-ring (bicyclic) bond motifs is 1. The van der Waals surface area contributed by atoms with Crippen molar-refractivity contribution >= 4 is 23.4 Å². The molecule has 1 fully saturated rings. The van der Waals surface area contributed by atoms with Gasteiger partial charge in [-0.3, -0.25) is 4.79 Å². The monoisotopic (exact) mass is 438 g/mol. The lowest BCUT2D eigenvalue weighted by molar-refractivity contribution is 0.0741. The van der Waals surface area contributed by atoms with Crippen molar-refractivity contribution in [2.45, 2.75) is 33.2 Å². The van der Waals surface area contributed by atoms with Crippen LogP contribution in [0.2, 0.25) is 0 Å². The Kier molecular flexibility index (Phi) is 6.55. The number of carbonyl (C=O) groups excluding carboxylic acids is 2. The summed E-state index contributed by atoms with van der Waals surface area (Å²) in [6.07, 6.45) is 0.740. The van der Waals surface area contributed by atoms with Gasteiger partial charge >= 0.3 is 6.03 Å². The highest BCUT2D eigenvalue weighted by Crippen LogP contribution is 2.31. The molecule has 0 saturated carbocycles. The summed E-state index contributed by atoms with van der Waals surface area (Å²) in [5.41, 5.74) is 2.87. The fourth-order valence-corrected chi connectivity index (χ4v) is 4.13. The van der Waals surface area contributed by atoms with E-state index in [2.05, 4.69) is 22.5 Å². The number of hydrogen-bond acceptors (Lipinski definition) is 6. The Morgan fingerprint density at radius 3 is 2.66 bits per heavy atom. The molecular formula is C23H30N6O3. The molecule has 2 aliphatic rings. The van der Waals surface area contributed by atoms with Gasteiger partial charge in [0.05, 0.1) is 19.3 Å². The van der Waals surface area contributed by atoms with Crippen molar-refractivity contribution in [1.29, 1.82) is 0 Å². The third-order valence-electron chi connectivity index (χ3n) is 5.87. The molecule has 4 rings (SSSR count). The standard InChI is InChI=1S/C23H30N6O3/c1-4-24-23(31)25-17-8-6-16(7-9-17)20-26-19-18(10-11-28(5-2)22(19)30)21(27-20)29-12-13-32-14-15(29)3/h6-9,15H,4-5,10-14H2,1-3H3,(H2,24,25,31)/t15-/m0/s1. The number of urea groups is 1. The summed E-state index contributed by atoms with van der Waals surface area (Å²) in [6, 6.07) is 7.26. The quantitative estimate of drug-likeness (QED) is 0.744. The number of nitrogens with one attached hydrogen (secondary N) is 2. The third-order valence-corrected chi connectivity index (χ3v) is 5.87. The van der Waals surface area contributed by atoms with Crippen LogP contribution in [0.4, 0.5) is 16.3 Å². The number of carbonyl (C=O) groups is 2. The van der Waals surface area contributed by atoms with Gasteiger partial charge in [-0.25, -0.2) is 14.8 Å². The summed E-state index contributed by atoms with van der Waals surface area (Å²) in [5.74, 6) is 1.29. The number of likely N-dealkylation sites (N-methyl/N-ethyl adjacent to an activating group) is 1. The van der Waals surface area contributed by atoms with E-state index < -0.39 is 0 Å². The molecule has 1 saturated heterocycles. The Morgan fingerprint density at radius 1 is 1.19 bits per heavy atom. The van der Waals surface area contributed by atoms with Crippen LogP contribution >= 0.6 is 0 Å². The Balaban J connectivity index is 1.72. The molecule has 1 atom stereocenters. The fraction of sp³-hybridized carbons (Fsp3) is 0.478. The third kappa shape index (κ3) is 4.38. The van der Waals surface area contributed by atoms with Gasteiger partial charge in [0, 0.05) is 43.0 Å². The van der Waals surface area contributed by atoms with Crippen LogP contribution < -0.4 is 15.5 Å². The molecule has 0 unspecified atom stereocenters. The van der Waals surface area contributed by atoms with Crippen LogP contribution in [-0.2, 0) is 11.2 Å². The van der Waals surface area contributed by atoms with E-state index in [0.29, 0.717) is 50.1 Å². The first-order valence-corrected chi connectivity index (χ1v) is 11.2. The lowest BCUT2D eigenvalue weighted by atomic mass is 10.0. The second-order valence-corrected chi connectivity index (χ2v) is 8.01. The molecule has 0 spiro atoms. The van der Waals surface area contributed by atoms with Gasteiger partial charge in [0.2, 0.25) is 0 Å². The van der Waals surface area contributed by atoms with Crippen molar-refractivity contribution in [2.75, 3.05) is 49.6 Å². The molecular weight excluding hydrogens is 408 g/mol. The molecule has 3 amide bonds. The maximum atomic E-state index is 13.1. The maximum Gasteiger partial charge on any atom is 0.319 e. The molecule has 1 aromatic heterocycles. The minimum atomic E-state index is -0.251. The molecule has 0 bridgehead atoms. The van der Waals surface area contributed by atoms with E-state index in [0.717, 1.165) is 29.9 Å². The van der Waals surface area contributed by atoms with Crippen molar-refractivity contribution in [2.24, 2.45) is 0 Å². The predicted octanol–water partition coefficient (Wildman–Crippen LogP) is 2.53. The zero-order valence-electron chi connectivity index (χ0n) is 18.9. The van der Waals surface area contributed by atoms with Gasteiger partial charge in [0.25, 0.3) is 5.91 Å². The summed E-state index contributed by atoms with van der Waals surface area (Å²) in [4.78, 5) is 38.6. The second-order valence-electron chi connectivity index (χ2n) is 8.01. The average Bonchev–Trinajstić information content (AvgIpc) is 2.80. The normalized spacial score (nSPS) is 18.3. The second kappa shape index (κ2) is 9.52. The molecule has 0 radical (unpaired) electrons. The van der Waals surface area contributed by atoms with Gasteiger partial charge in [0.15, 0.2) is 5.82 Å². The highest BCUT2D eigenvalue weighted by atomic mass is 16.5. The molecule has 1 aromatic carbocycles. The molecule has 32 heavy (non-hydrogen) atoms. The fourth-order valence-electron chi connectivity index (χ4n) is 4.13. The smallest absolute Gasteiger partial charge is 0.319 e. The Hall–Kier alpha value is -3.20. The summed E-state index contributed by atoms with van der Waals surface area (Å²) in [5, 5.41) is 5.49. The molecule has 2 N–H and O–H groups in total. The first-order chi connectivity index (χ1) is 15.5. The molecule has 2 aromatic rings. The van der Waals surface area contributed by atoms with Crippen molar-refractivity contribution in [3.05, 3.63) is 35.5 Å². The highest BCUT2D eigenvalue weighted by molar-refractivity contribution is 5.96. The lowest BCUT2D eigenvalue weighted by Gasteiger charge is -2.37. The van der Waals surface area contributed by atoms with Crippen LogP contribution in [0.5, 0.6) is 0 Å². The van der Waals surface area contributed by atoms with Crippen molar-refractivity contribution < 1.29 is 14.3 Å². The molecule has 2 aliphatic heterocycles. The van der Waals surface area contributed by atoms with E-state index in [1.807, 2.05) is 43.0 Å². The highest BCUT2D eigenvalue weighted by Gasteiger charge is 2.32. The van der Waals surface area contributed by atoms with Gasteiger partial charge in [-0.2, -0.15) is 0 Å². The van der Waals surface area contributed by atoms with Crippen LogP contribution in [0, 0.1) is 0 Å². The van der Waals surface area contributed by atoms with Gasteiger partial charge in [-0.1, -0.05) is 0 Å². The summed E-state index contributed by atoms with van der Waals surface area (Å²) in [6.45, 7) is 9.83. The van der Waals surface area contributed by atoms with Crippen molar-refractivity contribution in [3.63, 3.8) is 0 Å². The summed E-state index contributed by atoms with van der Waals surface area (Å²) >= 11 is 0. The van der Waals surface area contributed by atoms with E-state index in [4.69, 9.17) is 14.7 Å². The lowest BCUT2D eigenvalue weighted by Crippen LogP contribution is -2.46. The molecule has 3 heterocycles. The van der Waals surface area contributed by atoms with E-state index in [-0.39, 0.29) is 18.0 Å². The first-order valence-electron chi connectivity index (χ1n) is 11.2. The van der Waals surface area contributed by atoms with Gasteiger partial charge in [0.1, 0.15) is 11.5 Å². The van der Waals surface area contributed by atoms with Crippen LogP contribution in [0.1, 0.15) is 36.8 Å². The SMILES string of the molecule is CCNC(=O)Nc1ccc(-c2nc3c(c(N4CCOC[C@@H]4C)n2)CCN(CC)C3=O)cc1. The van der Waals surface area contributed by atoms with Crippen LogP contribution in [0.3, 0.4) is 0 Å². The van der Waals surface area contributed by atoms with E-state index in [9.17, 15) is 9.59 Å². The Bertz CT molecular complexity index is 994. The molecule has 0 aliphatic carbocycles. The van der Waals surface area contributed by atoms with Crippen LogP contribution in [-0.4, -0.2) is 72.2 Å². The topological polar surface area (TPSA) is 99.7 Å². The zero-order valence-corrected chi connectivity index (χ0v) is 18.9. The number of benzene rings is 1. The van der Waals surface area contributed by atoms with Gasteiger partial charge in [-0.15, -0.1) is 0 Å². The molecule has 170 valence electrons. The first kappa shape index (κ1) is 22.0. The summed E-state index contributed by atoms with van der Waals surface area (Å²) < 4.78 is 5.61. The van der Waals surface area contributed by atoms with Crippen LogP contribution in [0.15, 0.2) is 24.3 Å². The zero-order chi connectivity index (χ0) is 22.7. The van der Waals surface area contributed by atoms with Gasteiger partial charge in [-0.05, 0) is 51.5 Å². The number of amides is 3. The average molecular weight is 439 g/mol. The maximum absolute atomic E-state index is 13.1. The van der Waals surface area contributed by atoms with Gasteiger partial charge < -0.3 is 25.2 Å². The van der Waals surface area contributed by atoms with Crippen LogP contribution in [0.25, 0.3) is 11.4 Å².